The number of methoxy groups -OCH3 is 1. The van der Waals surface area contributed by atoms with Gasteiger partial charge >= 0.3 is 12.3 Å². The maximum atomic E-state index is 13.0. The van der Waals surface area contributed by atoms with E-state index >= 15 is 0 Å². The van der Waals surface area contributed by atoms with Crippen LogP contribution in [0.5, 0.6) is 11.5 Å². The topological polar surface area (TPSA) is 103 Å². The number of carbonyl (C=O) groups is 1. The van der Waals surface area contributed by atoms with Crippen LogP contribution in [0.2, 0.25) is 0 Å². The Labute approximate surface area is 226 Å². The van der Waals surface area contributed by atoms with Gasteiger partial charge in [-0.25, -0.2) is 9.78 Å². The van der Waals surface area contributed by atoms with Crippen LogP contribution in [0.25, 0.3) is 10.6 Å². The lowest BCUT2D eigenvalue weighted by Crippen LogP contribution is -2.26. The fraction of sp³-hybridized carbons (Fsp3) is 0.385. The first kappa shape index (κ1) is 27.2. The van der Waals surface area contributed by atoms with Gasteiger partial charge in [-0.3, -0.25) is 5.32 Å². The van der Waals surface area contributed by atoms with Gasteiger partial charge in [0.25, 0.3) is 0 Å². The van der Waals surface area contributed by atoms with Crippen molar-refractivity contribution in [3.05, 3.63) is 64.2 Å². The van der Waals surface area contributed by atoms with Gasteiger partial charge in [-0.1, -0.05) is 12.1 Å². The van der Waals surface area contributed by atoms with Crippen molar-refractivity contribution in [1.29, 1.82) is 0 Å². The molecular formula is C26H27F3N4O5S. The lowest BCUT2D eigenvalue weighted by Gasteiger charge is -2.15. The van der Waals surface area contributed by atoms with Crippen molar-refractivity contribution in [2.24, 2.45) is 0 Å². The van der Waals surface area contributed by atoms with Gasteiger partial charge in [-0.15, -0.1) is 16.8 Å². The number of alkyl halides is 3. The molecule has 0 bridgehead atoms. The van der Waals surface area contributed by atoms with E-state index in [1.165, 1.54) is 30.6 Å². The highest BCUT2D eigenvalue weighted by Gasteiger charge is 2.30. The Morgan fingerprint density at radius 3 is 2.69 bits per heavy atom. The van der Waals surface area contributed by atoms with Gasteiger partial charge in [0.15, 0.2) is 0 Å². The molecule has 2 aromatic carbocycles. The number of benzene rings is 2. The Morgan fingerprint density at radius 1 is 1.21 bits per heavy atom. The molecule has 3 heterocycles. The molecule has 0 spiro atoms. The number of nitrogens with zero attached hydrogens (tertiary/aromatic N) is 1. The molecule has 2 aliphatic rings. The third-order valence-electron chi connectivity index (χ3n) is 6.34. The van der Waals surface area contributed by atoms with Gasteiger partial charge in [0.05, 0.1) is 29.3 Å². The molecule has 0 saturated carbocycles. The number of halogens is 3. The van der Waals surface area contributed by atoms with Crippen molar-refractivity contribution < 1.29 is 37.0 Å². The minimum absolute atomic E-state index is 0.160. The third kappa shape index (κ3) is 6.61. The minimum Gasteiger partial charge on any atom is -0.496 e. The fourth-order valence-electron chi connectivity index (χ4n) is 4.32. The van der Waals surface area contributed by atoms with Gasteiger partial charge in [0.2, 0.25) is 0 Å². The van der Waals surface area contributed by atoms with E-state index in [1.54, 1.807) is 18.2 Å². The first-order valence-corrected chi connectivity index (χ1v) is 13.1. The van der Waals surface area contributed by atoms with Gasteiger partial charge in [0.1, 0.15) is 29.3 Å². The van der Waals surface area contributed by atoms with Gasteiger partial charge in [-0.2, -0.15) is 13.2 Å². The highest BCUT2D eigenvalue weighted by Crippen LogP contribution is 2.34. The molecule has 208 valence electrons. The second-order valence-corrected chi connectivity index (χ2v) is 10.1. The average Bonchev–Trinajstić information content (AvgIpc) is 3.69. The number of hydroxylamine groups is 1. The molecule has 2 atom stereocenters. The maximum Gasteiger partial charge on any atom is 0.427 e. The normalized spacial score (nSPS) is 19.1. The van der Waals surface area contributed by atoms with Crippen molar-refractivity contribution in [1.82, 2.24) is 21.1 Å². The first-order chi connectivity index (χ1) is 18.8. The van der Waals surface area contributed by atoms with Gasteiger partial charge < -0.3 is 24.4 Å². The fourth-order valence-corrected chi connectivity index (χ4v) is 5.31. The van der Waals surface area contributed by atoms with Crippen LogP contribution in [0.3, 0.4) is 0 Å². The summed E-state index contributed by atoms with van der Waals surface area (Å²) in [6.07, 6.45) is -3.35. The standard InChI is InChI=1S/C26H27F3N4O5S/c1-35-21-11-17(8-9-19(21)23-32-25(34)38-33-23)37-14-22-20(13-30-12-18-3-2-10-36-18)31-24(39-22)15-4-6-16(7-5-15)26(27,28)29/h4-9,11,18,23,30,33H,2-3,10,12-14H2,1H3,(H,32,34)/t18-,23?/m0/s1. The summed E-state index contributed by atoms with van der Waals surface area (Å²) in [7, 11) is 1.51. The molecule has 0 aliphatic carbocycles. The van der Waals surface area contributed by atoms with Crippen molar-refractivity contribution >= 4 is 17.4 Å². The summed E-state index contributed by atoms with van der Waals surface area (Å²) in [6.45, 7) is 2.10. The summed E-state index contributed by atoms with van der Waals surface area (Å²) < 4.78 is 56.2. The molecular weight excluding hydrogens is 537 g/mol. The number of thiazole rings is 1. The molecule has 2 saturated heterocycles. The Hall–Kier alpha value is -3.39. The summed E-state index contributed by atoms with van der Waals surface area (Å²) in [6, 6.07) is 10.2. The molecule has 1 unspecified atom stereocenters. The van der Waals surface area contributed by atoms with Crippen molar-refractivity contribution in [3.8, 4) is 22.1 Å². The lowest BCUT2D eigenvalue weighted by atomic mass is 10.1. The molecule has 5 rings (SSSR count). The van der Waals surface area contributed by atoms with Crippen LogP contribution < -0.4 is 25.6 Å². The van der Waals surface area contributed by atoms with E-state index in [9.17, 15) is 18.0 Å². The number of hydrogen-bond acceptors (Lipinski definition) is 9. The summed E-state index contributed by atoms with van der Waals surface area (Å²) in [5, 5.41) is 6.60. The summed E-state index contributed by atoms with van der Waals surface area (Å²) >= 11 is 1.37. The Balaban J connectivity index is 1.32. The highest BCUT2D eigenvalue weighted by molar-refractivity contribution is 7.15. The summed E-state index contributed by atoms with van der Waals surface area (Å²) in [4.78, 5) is 21.7. The van der Waals surface area contributed by atoms with E-state index < -0.39 is 24.0 Å². The Kier molecular flexibility index (Phi) is 8.21. The third-order valence-corrected chi connectivity index (χ3v) is 7.46. The predicted octanol–water partition coefficient (Wildman–Crippen LogP) is 4.93. The van der Waals surface area contributed by atoms with Crippen LogP contribution >= 0.6 is 11.3 Å². The van der Waals surface area contributed by atoms with Crippen LogP contribution in [0.15, 0.2) is 42.5 Å². The zero-order valence-electron chi connectivity index (χ0n) is 21.0. The summed E-state index contributed by atoms with van der Waals surface area (Å²) in [5.74, 6) is 1.02. The number of ether oxygens (including phenoxy) is 3. The maximum absolute atomic E-state index is 13.0. The highest BCUT2D eigenvalue weighted by atomic mass is 32.1. The van der Waals surface area contributed by atoms with Crippen LogP contribution in [0.1, 0.15) is 40.7 Å². The largest absolute Gasteiger partial charge is 0.496 e. The van der Waals surface area contributed by atoms with E-state index in [-0.39, 0.29) is 12.7 Å². The van der Waals surface area contributed by atoms with Crippen LogP contribution in [0, 0.1) is 0 Å². The molecule has 9 nitrogen and oxygen atoms in total. The Bertz CT molecular complexity index is 1300. The Morgan fingerprint density at radius 2 is 2.03 bits per heavy atom. The summed E-state index contributed by atoms with van der Waals surface area (Å²) in [5.41, 5.74) is 3.89. The monoisotopic (exact) mass is 564 g/mol. The van der Waals surface area contributed by atoms with E-state index in [0.717, 1.165) is 42.2 Å². The molecule has 3 N–H and O–H groups in total. The smallest absolute Gasteiger partial charge is 0.427 e. The second kappa shape index (κ2) is 11.8. The average molecular weight is 565 g/mol. The molecule has 13 heteroatoms. The zero-order chi connectivity index (χ0) is 27.4. The SMILES string of the molecule is COc1cc(OCc2sc(-c3ccc(C(F)(F)F)cc3)nc2CNC[C@@H]2CCCO2)ccc1C1NOC(=O)N1. The van der Waals surface area contributed by atoms with E-state index in [0.29, 0.717) is 40.7 Å². The minimum atomic E-state index is -4.40. The van der Waals surface area contributed by atoms with Gasteiger partial charge in [-0.05, 0) is 37.1 Å². The lowest BCUT2D eigenvalue weighted by molar-refractivity contribution is -0.137. The van der Waals surface area contributed by atoms with Crippen LogP contribution in [0.4, 0.5) is 18.0 Å². The molecule has 2 fully saturated rings. The number of aromatic nitrogens is 1. The number of amides is 1. The molecule has 2 aliphatic heterocycles. The molecule has 1 amide bonds. The zero-order valence-corrected chi connectivity index (χ0v) is 21.8. The second-order valence-electron chi connectivity index (χ2n) is 9.01. The molecule has 0 radical (unpaired) electrons. The predicted molar refractivity (Wildman–Crippen MR) is 136 cm³/mol. The van der Waals surface area contributed by atoms with Crippen molar-refractivity contribution in [2.75, 3.05) is 20.3 Å². The molecule has 1 aromatic heterocycles. The van der Waals surface area contributed by atoms with E-state index in [2.05, 4.69) is 16.1 Å². The molecule has 39 heavy (non-hydrogen) atoms. The van der Waals surface area contributed by atoms with E-state index in [4.69, 9.17) is 24.0 Å². The quantitative estimate of drug-likeness (QED) is 0.319. The van der Waals surface area contributed by atoms with Gasteiger partial charge in [0, 0.05) is 36.9 Å². The number of hydrogen-bond donors (Lipinski definition) is 3. The van der Waals surface area contributed by atoms with Crippen LogP contribution in [-0.2, 0) is 28.9 Å². The number of rotatable bonds is 10. The van der Waals surface area contributed by atoms with E-state index in [1.807, 2.05) is 0 Å². The van der Waals surface area contributed by atoms with Crippen LogP contribution in [-0.4, -0.2) is 37.4 Å². The van der Waals surface area contributed by atoms with Crippen molar-refractivity contribution in [2.45, 2.75) is 44.4 Å². The van der Waals surface area contributed by atoms with Crippen molar-refractivity contribution in [3.63, 3.8) is 0 Å². The number of nitrogens with one attached hydrogen (secondary N) is 3. The number of carbonyl (C=O) groups excluding carboxylic acids is 1. The molecule has 3 aromatic rings. The first-order valence-electron chi connectivity index (χ1n) is 12.3.